The number of methoxy groups -OCH3 is 1. The van der Waals surface area contributed by atoms with Crippen LogP contribution in [0.1, 0.15) is 38.8 Å². The highest BCUT2D eigenvalue weighted by Crippen LogP contribution is 2.52. The van der Waals surface area contributed by atoms with Crippen LogP contribution in [0, 0.1) is 5.41 Å². The lowest BCUT2D eigenvalue weighted by Gasteiger charge is -2.28. The second-order valence-corrected chi connectivity index (χ2v) is 11.4. The second kappa shape index (κ2) is 14.1. The van der Waals surface area contributed by atoms with Crippen molar-refractivity contribution in [2.75, 3.05) is 41.1 Å². The summed E-state index contributed by atoms with van der Waals surface area (Å²) in [6.45, 7) is 7.47. The quantitative estimate of drug-likeness (QED) is 0.199. The Morgan fingerprint density at radius 2 is 1.78 bits per heavy atom. The van der Waals surface area contributed by atoms with E-state index in [0.717, 1.165) is 29.9 Å². The average Bonchev–Trinajstić information content (AvgIpc) is 2.80. The van der Waals surface area contributed by atoms with Gasteiger partial charge in [-0.05, 0) is 68.6 Å². The van der Waals surface area contributed by atoms with Gasteiger partial charge in [-0.15, -0.1) is 4.20 Å². The molecule has 0 aliphatic carbocycles. The molecule has 2 aromatic carbocycles. The summed E-state index contributed by atoms with van der Waals surface area (Å²) in [5, 5.41) is 0. The summed E-state index contributed by atoms with van der Waals surface area (Å²) in [5.41, 5.74) is 1.86. The van der Waals surface area contributed by atoms with E-state index in [2.05, 4.69) is 6.07 Å². The molecule has 2 aromatic rings. The van der Waals surface area contributed by atoms with Gasteiger partial charge in [0.15, 0.2) is 6.79 Å². The highest BCUT2D eigenvalue weighted by atomic mass is 31.2. The van der Waals surface area contributed by atoms with Crippen LogP contribution in [0.25, 0.3) is 0 Å². The molecule has 2 rings (SSSR count). The maximum atomic E-state index is 14.3. The molecule has 202 valence electrons. The minimum absolute atomic E-state index is 0.216. The first-order valence-corrected chi connectivity index (χ1v) is 13.6. The summed E-state index contributed by atoms with van der Waals surface area (Å²) < 4.78 is 53.4. The Hall–Kier alpha value is -1.96. The number of hydrogen-bond donors (Lipinski definition) is 0. The third kappa shape index (κ3) is 11.0. The normalized spacial score (nSPS) is 15.4. The molecule has 0 aromatic heterocycles. The van der Waals surface area contributed by atoms with Crippen LogP contribution < -0.4 is 9.47 Å². The number of likely N-dealkylation sites (N-methyl/N-ethyl adjacent to an activating group) is 1. The molecule has 3 atom stereocenters. The molecule has 9 heteroatoms. The third-order valence-corrected chi connectivity index (χ3v) is 6.78. The van der Waals surface area contributed by atoms with Crippen LogP contribution in [-0.2, 0) is 31.2 Å². The number of rotatable bonds is 15. The molecule has 7 nitrogen and oxygen atoms in total. The molecule has 0 aliphatic heterocycles. The zero-order valence-electron chi connectivity index (χ0n) is 22.5. The molecule has 0 fully saturated rings. The van der Waals surface area contributed by atoms with E-state index < -0.39 is 26.9 Å². The van der Waals surface area contributed by atoms with Gasteiger partial charge in [-0.2, -0.15) is 0 Å². The van der Waals surface area contributed by atoms with Gasteiger partial charge >= 0.3 is 7.91 Å². The lowest BCUT2D eigenvalue weighted by molar-refractivity contribution is -0.0730. The van der Waals surface area contributed by atoms with Gasteiger partial charge in [-0.1, -0.05) is 51.1 Å². The standard InChI is InChI=1S/C27H41FNO6P/c1-21(27(2,3)4)35-36(28,30)34-20-33-25(18-29(5)6)19-32-26-14-9-8-12-23(26)16-15-22-11-10-13-24(17-22)31-7/h8-14,17,21,25H,15-16,18-20H2,1-7H3/t21?,25?,36-/m1/s1. The van der Waals surface area contributed by atoms with Crippen molar-refractivity contribution in [1.29, 1.82) is 0 Å². The average molecular weight is 526 g/mol. The molecule has 0 amide bonds. The Morgan fingerprint density at radius 1 is 1.06 bits per heavy atom. The van der Waals surface area contributed by atoms with Crippen molar-refractivity contribution in [2.45, 2.75) is 52.7 Å². The molecular formula is C27H41FNO6P. The maximum absolute atomic E-state index is 14.3. The van der Waals surface area contributed by atoms with Crippen molar-refractivity contribution in [3.8, 4) is 11.5 Å². The summed E-state index contributed by atoms with van der Waals surface area (Å²) in [4.78, 5) is 1.93. The van der Waals surface area contributed by atoms with Crippen LogP contribution in [-0.4, -0.2) is 58.3 Å². The minimum Gasteiger partial charge on any atom is -0.497 e. The van der Waals surface area contributed by atoms with E-state index in [1.807, 2.05) is 82.2 Å². The number of aryl methyl sites for hydroxylation is 2. The summed E-state index contributed by atoms with van der Waals surface area (Å²) in [7, 11) is 0.698. The van der Waals surface area contributed by atoms with Crippen LogP contribution in [0.5, 0.6) is 11.5 Å². The van der Waals surface area contributed by atoms with Gasteiger partial charge < -0.3 is 19.1 Å². The Bertz CT molecular complexity index is 981. The van der Waals surface area contributed by atoms with Gasteiger partial charge in [0.05, 0.1) is 13.2 Å². The zero-order chi connectivity index (χ0) is 26.8. The minimum atomic E-state index is -4.75. The van der Waals surface area contributed by atoms with Gasteiger partial charge in [-0.3, -0.25) is 9.05 Å². The van der Waals surface area contributed by atoms with E-state index in [1.165, 1.54) is 5.56 Å². The number of para-hydroxylation sites is 1. The van der Waals surface area contributed by atoms with Crippen LogP contribution in [0.15, 0.2) is 48.5 Å². The molecule has 0 N–H and O–H groups in total. The Kier molecular flexibility index (Phi) is 11.9. The smallest absolute Gasteiger partial charge is 0.497 e. The lowest BCUT2D eigenvalue weighted by Crippen LogP contribution is -2.34. The molecule has 0 radical (unpaired) electrons. The monoisotopic (exact) mass is 525 g/mol. The van der Waals surface area contributed by atoms with E-state index in [0.29, 0.717) is 6.54 Å². The fourth-order valence-corrected chi connectivity index (χ4v) is 4.21. The first-order chi connectivity index (χ1) is 16.9. The van der Waals surface area contributed by atoms with Crippen molar-refractivity contribution in [3.05, 3.63) is 59.7 Å². The molecular weight excluding hydrogens is 484 g/mol. The highest BCUT2D eigenvalue weighted by Gasteiger charge is 2.33. The van der Waals surface area contributed by atoms with E-state index in [4.69, 9.17) is 23.3 Å². The van der Waals surface area contributed by atoms with E-state index in [-0.39, 0.29) is 12.0 Å². The molecule has 0 aliphatic rings. The van der Waals surface area contributed by atoms with Gasteiger partial charge in [0.1, 0.15) is 24.2 Å². The van der Waals surface area contributed by atoms with E-state index in [1.54, 1.807) is 14.0 Å². The maximum Gasteiger partial charge on any atom is 0.515 e. The molecule has 36 heavy (non-hydrogen) atoms. The number of ether oxygens (including phenoxy) is 3. The molecule has 0 saturated carbocycles. The third-order valence-electron chi connectivity index (χ3n) is 5.80. The van der Waals surface area contributed by atoms with Gasteiger partial charge in [0, 0.05) is 6.54 Å². The van der Waals surface area contributed by atoms with Crippen molar-refractivity contribution in [1.82, 2.24) is 4.90 Å². The summed E-state index contributed by atoms with van der Waals surface area (Å²) in [5.74, 6) is 1.59. The largest absolute Gasteiger partial charge is 0.515 e. The van der Waals surface area contributed by atoms with Crippen LogP contribution >= 0.6 is 7.91 Å². The fourth-order valence-electron chi connectivity index (χ4n) is 3.27. The SMILES string of the molecule is COc1cccc(CCc2ccccc2OCC(CN(C)C)OCO[P@](=O)(F)OC(C)C(C)(C)C)c1. The van der Waals surface area contributed by atoms with Crippen molar-refractivity contribution in [3.63, 3.8) is 0 Å². The number of hydrogen-bond acceptors (Lipinski definition) is 7. The molecule has 0 bridgehead atoms. The summed E-state index contributed by atoms with van der Waals surface area (Å²) >= 11 is 0. The number of benzene rings is 2. The van der Waals surface area contributed by atoms with Crippen molar-refractivity contribution in [2.24, 2.45) is 5.41 Å². The second-order valence-electron chi connectivity index (χ2n) is 10.1. The first kappa shape index (κ1) is 30.3. The Labute approximate surface area is 215 Å². The lowest BCUT2D eigenvalue weighted by atomic mass is 9.91. The molecule has 0 saturated heterocycles. The van der Waals surface area contributed by atoms with E-state index >= 15 is 0 Å². The molecule has 0 heterocycles. The van der Waals surface area contributed by atoms with Crippen molar-refractivity contribution >= 4 is 7.91 Å². The Morgan fingerprint density at radius 3 is 2.44 bits per heavy atom. The predicted octanol–water partition coefficient (Wildman–Crippen LogP) is 6.31. The summed E-state index contributed by atoms with van der Waals surface area (Å²) in [6, 6.07) is 15.9. The van der Waals surface area contributed by atoms with Crippen LogP contribution in [0.3, 0.4) is 0 Å². The molecule has 2 unspecified atom stereocenters. The topological polar surface area (TPSA) is 66.5 Å². The van der Waals surface area contributed by atoms with Gasteiger partial charge in [0.2, 0.25) is 0 Å². The van der Waals surface area contributed by atoms with Crippen molar-refractivity contribution < 1.29 is 32.0 Å². The van der Waals surface area contributed by atoms with Gasteiger partial charge in [-0.25, -0.2) is 4.57 Å². The first-order valence-electron chi connectivity index (χ1n) is 12.1. The number of nitrogens with zero attached hydrogens (tertiary/aromatic N) is 1. The predicted molar refractivity (Wildman–Crippen MR) is 140 cm³/mol. The van der Waals surface area contributed by atoms with E-state index in [9.17, 15) is 8.76 Å². The molecule has 0 spiro atoms. The fraction of sp³-hybridized carbons (Fsp3) is 0.556. The van der Waals surface area contributed by atoms with Crippen LogP contribution in [0.2, 0.25) is 0 Å². The highest BCUT2D eigenvalue weighted by molar-refractivity contribution is 7.48. The number of halogens is 1. The Balaban J connectivity index is 1.94. The van der Waals surface area contributed by atoms with Gasteiger partial charge in [0.25, 0.3) is 0 Å². The summed E-state index contributed by atoms with van der Waals surface area (Å²) in [6.07, 6.45) is 0.594. The zero-order valence-corrected chi connectivity index (χ0v) is 23.4. The van der Waals surface area contributed by atoms with Crippen LogP contribution in [0.4, 0.5) is 4.20 Å².